The molecule has 2 aliphatic heterocycles. The lowest BCUT2D eigenvalue weighted by Crippen LogP contribution is -2.49. The molecule has 20 heavy (non-hydrogen) atoms. The number of nitrogens with zero attached hydrogens (tertiary/aromatic N) is 3. The fraction of sp³-hybridized carbons (Fsp3) is 0.929. The third-order valence-electron chi connectivity index (χ3n) is 3.76. The summed E-state index contributed by atoms with van der Waals surface area (Å²) in [5, 5.41) is 0. The lowest BCUT2D eigenvalue weighted by molar-refractivity contribution is -0.0850. The lowest BCUT2D eigenvalue weighted by Gasteiger charge is -2.38. The van der Waals surface area contributed by atoms with E-state index in [-0.39, 0.29) is 11.7 Å². The second-order valence-corrected chi connectivity index (χ2v) is 6.25. The van der Waals surface area contributed by atoms with E-state index in [1.807, 2.05) is 0 Å². The highest BCUT2D eigenvalue weighted by Crippen LogP contribution is 2.15. The standard InChI is InChI=1S/C14H28N4O2/c1-12-10-18(7-8-19-12)13(15)16-4-5-17-6-9-20-14(2,3)11-17/h12H,4-11H2,1-3H3,(H2,15,16). The molecule has 0 saturated carbocycles. The first kappa shape index (κ1) is 15.5. The highest BCUT2D eigenvalue weighted by molar-refractivity contribution is 5.78. The first-order valence-electron chi connectivity index (χ1n) is 7.49. The zero-order valence-electron chi connectivity index (χ0n) is 13.0. The molecular weight excluding hydrogens is 256 g/mol. The number of guanidine groups is 1. The van der Waals surface area contributed by atoms with Crippen LogP contribution in [0.4, 0.5) is 0 Å². The molecule has 2 rings (SSSR count). The zero-order chi connectivity index (χ0) is 14.6. The Morgan fingerprint density at radius 1 is 1.35 bits per heavy atom. The molecule has 0 radical (unpaired) electrons. The summed E-state index contributed by atoms with van der Waals surface area (Å²) in [4.78, 5) is 9.01. The minimum absolute atomic E-state index is 0.0485. The number of nitrogens with two attached hydrogens (primary N) is 1. The maximum atomic E-state index is 6.06. The summed E-state index contributed by atoms with van der Waals surface area (Å²) in [6, 6.07) is 0. The Morgan fingerprint density at radius 2 is 2.15 bits per heavy atom. The Morgan fingerprint density at radius 3 is 2.85 bits per heavy atom. The molecule has 116 valence electrons. The van der Waals surface area contributed by atoms with Gasteiger partial charge in [0.05, 0.1) is 31.5 Å². The van der Waals surface area contributed by atoms with Crippen molar-refractivity contribution < 1.29 is 9.47 Å². The van der Waals surface area contributed by atoms with Crippen LogP contribution in [0.25, 0.3) is 0 Å². The molecule has 0 aliphatic carbocycles. The SMILES string of the molecule is CC1CN(C(N)=NCCN2CCOC(C)(C)C2)CCO1. The van der Waals surface area contributed by atoms with Gasteiger partial charge in [-0.1, -0.05) is 0 Å². The normalized spacial score (nSPS) is 28.6. The second-order valence-electron chi connectivity index (χ2n) is 6.25. The largest absolute Gasteiger partial charge is 0.375 e. The number of ether oxygens (including phenoxy) is 2. The molecule has 0 aromatic carbocycles. The molecular formula is C14H28N4O2. The average molecular weight is 284 g/mol. The highest BCUT2D eigenvalue weighted by Gasteiger charge is 2.26. The van der Waals surface area contributed by atoms with Crippen molar-refractivity contribution in [2.45, 2.75) is 32.5 Å². The third-order valence-corrected chi connectivity index (χ3v) is 3.76. The summed E-state index contributed by atoms with van der Waals surface area (Å²) in [6.07, 6.45) is 0.234. The van der Waals surface area contributed by atoms with Gasteiger partial charge in [-0.3, -0.25) is 9.89 Å². The van der Waals surface area contributed by atoms with Crippen molar-refractivity contribution in [3.63, 3.8) is 0 Å². The molecule has 0 amide bonds. The van der Waals surface area contributed by atoms with Crippen molar-refractivity contribution in [2.75, 3.05) is 52.5 Å². The third kappa shape index (κ3) is 4.61. The summed E-state index contributed by atoms with van der Waals surface area (Å²) in [5.74, 6) is 0.646. The van der Waals surface area contributed by atoms with Gasteiger partial charge < -0.3 is 20.1 Å². The Hall–Kier alpha value is -0.850. The first-order chi connectivity index (χ1) is 9.46. The molecule has 0 aromatic rings. The van der Waals surface area contributed by atoms with Gasteiger partial charge in [-0.2, -0.15) is 0 Å². The van der Waals surface area contributed by atoms with E-state index in [1.54, 1.807) is 0 Å². The van der Waals surface area contributed by atoms with E-state index < -0.39 is 0 Å². The molecule has 0 spiro atoms. The molecule has 2 N–H and O–H groups in total. The van der Waals surface area contributed by atoms with Gasteiger partial charge in [0.2, 0.25) is 0 Å². The van der Waals surface area contributed by atoms with E-state index >= 15 is 0 Å². The van der Waals surface area contributed by atoms with Crippen LogP contribution in [0.5, 0.6) is 0 Å². The van der Waals surface area contributed by atoms with Gasteiger partial charge in [-0.05, 0) is 20.8 Å². The second kappa shape index (κ2) is 6.74. The van der Waals surface area contributed by atoms with Crippen LogP contribution < -0.4 is 5.73 Å². The molecule has 0 bridgehead atoms. The van der Waals surface area contributed by atoms with Crippen molar-refractivity contribution in [3.8, 4) is 0 Å². The molecule has 2 heterocycles. The number of aliphatic imine (C=N–C) groups is 1. The predicted molar refractivity (Wildman–Crippen MR) is 79.9 cm³/mol. The highest BCUT2D eigenvalue weighted by atomic mass is 16.5. The van der Waals surface area contributed by atoms with E-state index in [9.17, 15) is 0 Å². The van der Waals surface area contributed by atoms with Gasteiger partial charge in [-0.15, -0.1) is 0 Å². The fourth-order valence-electron chi connectivity index (χ4n) is 2.74. The Labute approximate surface area is 121 Å². The molecule has 6 nitrogen and oxygen atoms in total. The topological polar surface area (TPSA) is 63.3 Å². The number of rotatable bonds is 3. The van der Waals surface area contributed by atoms with Crippen molar-refractivity contribution in [1.82, 2.24) is 9.80 Å². The summed E-state index contributed by atoms with van der Waals surface area (Å²) in [7, 11) is 0. The van der Waals surface area contributed by atoms with Crippen LogP contribution in [0.3, 0.4) is 0 Å². The predicted octanol–water partition coefficient (Wildman–Crippen LogP) is 0.133. The fourth-order valence-corrected chi connectivity index (χ4v) is 2.74. The van der Waals surface area contributed by atoms with Crippen LogP contribution >= 0.6 is 0 Å². The van der Waals surface area contributed by atoms with Crippen LogP contribution in [-0.4, -0.2) is 79.9 Å². The lowest BCUT2D eigenvalue weighted by atomic mass is 10.1. The van der Waals surface area contributed by atoms with Crippen molar-refractivity contribution >= 4 is 5.96 Å². The number of morpholine rings is 2. The quantitative estimate of drug-likeness (QED) is 0.590. The maximum absolute atomic E-state index is 6.06. The smallest absolute Gasteiger partial charge is 0.191 e. The van der Waals surface area contributed by atoms with Crippen molar-refractivity contribution in [2.24, 2.45) is 10.7 Å². The molecule has 6 heteroatoms. The van der Waals surface area contributed by atoms with E-state index in [1.165, 1.54) is 0 Å². The summed E-state index contributed by atoms with van der Waals surface area (Å²) in [5.41, 5.74) is 6.01. The molecule has 2 aliphatic rings. The van der Waals surface area contributed by atoms with E-state index in [0.717, 1.165) is 52.5 Å². The molecule has 2 fully saturated rings. The Balaban J connectivity index is 1.74. The van der Waals surface area contributed by atoms with Gasteiger partial charge in [0, 0.05) is 32.7 Å². The van der Waals surface area contributed by atoms with Gasteiger partial charge in [0.15, 0.2) is 5.96 Å². The molecule has 1 atom stereocenters. The first-order valence-corrected chi connectivity index (χ1v) is 7.49. The number of hydrogen-bond donors (Lipinski definition) is 1. The van der Waals surface area contributed by atoms with Crippen LogP contribution in [0.15, 0.2) is 4.99 Å². The Bertz CT molecular complexity index is 346. The molecule has 0 aromatic heterocycles. The molecule has 1 unspecified atom stereocenters. The van der Waals surface area contributed by atoms with E-state index in [4.69, 9.17) is 15.2 Å². The van der Waals surface area contributed by atoms with E-state index in [2.05, 4.69) is 35.6 Å². The van der Waals surface area contributed by atoms with Crippen molar-refractivity contribution in [1.29, 1.82) is 0 Å². The molecule has 2 saturated heterocycles. The minimum Gasteiger partial charge on any atom is -0.375 e. The van der Waals surface area contributed by atoms with Crippen LogP contribution in [0.2, 0.25) is 0 Å². The van der Waals surface area contributed by atoms with Gasteiger partial charge in [-0.25, -0.2) is 0 Å². The maximum Gasteiger partial charge on any atom is 0.191 e. The average Bonchev–Trinajstić information content (AvgIpc) is 2.37. The summed E-state index contributed by atoms with van der Waals surface area (Å²) >= 11 is 0. The van der Waals surface area contributed by atoms with Gasteiger partial charge in [0.1, 0.15) is 0 Å². The van der Waals surface area contributed by atoms with Crippen LogP contribution in [0.1, 0.15) is 20.8 Å². The summed E-state index contributed by atoms with van der Waals surface area (Å²) < 4.78 is 11.2. The Kier molecular flexibility index (Phi) is 5.23. The van der Waals surface area contributed by atoms with Gasteiger partial charge >= 0.3 is 0 Å². The van der Waals surface area contributed by atoms with Crippen LogP contribution in [-0.2, 0) is 9.47 Å². The summed E-state index contributed by atoms with van der Waals surface area (Å²) in [6.45, 7) is 13.1. The van der Waals surface area contributed by atoms with Gasteiger partial charge in [0.25, 0.3) is 0 Å². The van der Waals surface area contributed by atoms with Crippen molar-refractivity contribution in [3.05, 3.63) is 0 Å². The number of hydrogen-bond acceptors (Lipinski definition) is 4. The minimum atomic E-state index is -0.0485. The van der Waals surface area contributed by atoms with Crippen LogP contribution in [0, 0.1) is 0 Å². The monoisotopic (exact) mass is 284 g/mol. The van der Waals surface area contributed by atoms with E-state index in [0.29, 0.717) is 5.96 Å². The zero-order valence-corrected chi connectivity index (χ0v) is 13.0.